The van der Waals surface area contributed by atoms with Gasteiger partial charge in [0.2, 0.25) is 6.54 Å². The molecule has 0 aliphatic carbocycles. The quantitative estimate of drug-likeness (QED) is 0.356. The van der Waals surface area contributed by atoms with Gasteiger partial charge in [0.25, 0.3) is 0 Å². The Morgan fingerprint density at radius 2 is 2.06 bits per heavy atom. The summed E-state index contributed by atoms with van der Waals surface area (Å²) in [4.78, 5) is 22.4. The van der Waals surface area contributed by atoms with Crippen molar-refractivity contribution in [2.45, 2.75) is 19.8 Å². The smallest absolute Gasteiger partial charge is 0.315 e. The highest BCUT2D eigenvalue weighted by Crippen LogP contribution is 2.40. The zero-order chi connectivity index (χ0) is 13.3. The summed E-state index contributed by atoms with van der Waals surface area (Å²) in [7, 11) is 0. The summed E-state index contributed by atoms with van der Waals surface area (Å²) in [6, 6.07) is 7.04. The van der Waals surface area contributed by atoms with E-state index in [1.807, 2.05) is 19.9 Å². The molecule has 0 fully saturated rings. The first kappa shape index (κ1) is 12.5. The zero-order valence-corrected chi connectivity index (χ0v) is 10.3. The Morgan fingerprint density at radius 3 is 2.67 bits per heavy atom. The topological polar surface area (TPSA) is 69.4 Å². The summed E-state index contributed by atoms with van der Waals surface area (Å²) in [5, 5.41) is 10.8. The number of benzene rings is 1. The third kappa shape index (κ3) is 2.20. The van der Waals surface area contributed by atoms with Gasteiger partial charge in [-0.05, 0) is 12.0 Å². The molecule has 96 valence electrons. The summed E-state index contributed by atoms with van der Waals surface area (Å²) >= 11 is 0. The summed E-state index contributed by atoms with van der Waals surface area (Å²) < 4.78 is 5.26. The van der Waals surface area contributed by atoms with Gasteiger partial charge in [0.15, 0.2) is 0 Å². The maximum atomic E-state index is 11.9. The van der Waals surface area contributed by atoms with Crippen LogP contribution in [0.5, 0.6) is 5.75 Å². The van der Waals surface area contributed by atoms with E-state index in [0.717, 1.165) is 5.56 Å². The number of rotatable bonds is 3. The maximum absolute atomic E-state index is 11.9. The highest BCUT2D eigenvalue weighted by atomic mass is 16.6. The van der Waals surface area contributed by atoms with Crippen molar-refractivity contribution in [3.8, 4) is 5.75 Å². The summed E-state index contributed by atoms with van der Waals surface area (Å²) in [6.07, 6.45) is 0. The van der Waals surface area contributed by atoms with Crippen molar-refractivity contribution in [2.75, 3.05) is 6.54 Å². The monoisotopic (exact) mass is 249 g/mol. The van der Waals surface area contributed by atoms with E-state index in [4.69, 9.17) is 4.74 Å². The Balaban J connectivity index is 2.45. The van der Waals surface area contributed by atoms with Gasteiger partial charge in [-0.25, -0.2) is 0 Å². The van der Waals surface area contributed by atoms with Crippen LogP contribution in [0.1, 0.15) is 25.3 Å². The fourth-order valence-electron chi connectivity index (χ4n) is 2.52. The number of para-hydroxylation sites is 1. The highest BCUT2D eigenvalue weighted by molar-refractivity contribution is 5.79. The average Bonchev–Trinajstić information content (AvgIpc) is 2.27. The zero-order valence-electron chi connectivity index (χ0n) is 10.3. The Morgan fingerprint density at radius 1 is 1.39 bits per heavy atom. The average molecular weight is 249 g/mol. The molecule has 0 unspecified atom stereocenters. The molecule has 5 nitrogen and oxygen atoms in total. The van der Waals surface area contributed by atoms with Crippen LogP contribution in [0.15, 0.2) is 24.3 Å². The standard InChI is InChI=1S/C13H15NO4/c1-8(2)12-10(7-14(16)17)9-5-3-4-6-11(9)18-13(12)15/h3-6,8,10,12H,7H2,1-2H3/t10-,12-/m0/s1. The van der Waals surface area contributed by atoms with Gasteiger partial charge in [-0.1, -0.05) is 32.0 Å². The largest absolute Gasteiger partial charge is 0.426 e. The number of fused-ring (bicyclic) bond motifs is 1. The lowest BCUT2D eigenvalue weighted by molar-refractivity contribution is -0.485. The van der Waals surface area contributed by atoms with Gasteiger partial charge in [-0.3, -0.25) is 14.9 Å². The highest BCUT2D eigenvalue weighted by Gasteiger charge is 2.42. The van der Waals surface area contributed by atoms with E-state index < -0.39 is 11.8 Å². The number of hydrogen-bond acceptors (Lipinski definition) is 4. The first-order chi connectivity index (χ1) is 8.50. The first-order valence-corrected chi connectivity index (χ1v) is 5.93. The third-order valence-corrected chi connectivity index (χ3v) is 3.30. The molecule has 2 rings (SSSR count). The SMILES string of the molecule is CC(C)[C@@H]1C(=O)Oc2ccccc2[C@@H]1C[N+](=O)[O-]. The van der Waals surface area contributed by atoms with Gasteiger partial charge in [0.05, 0.1) is 11.8 Å². The number of hydrogen-bond donors (Lipinski definition) is 0. The molecule has 0 spiro atoms. The Kier molecular flexibility index (Phi) is 3.32. The van der Waals surface area contributed by atoms with Crippen molar-refractivity contribution in [2.24, 2.45) is 11.8 Å². The molecule has 2 atom stereocenters. The molecule has 1 aromatic carbocycles. The minimum Gasteiger partial charge on any atom is -0.426 e. The molecule has 1 heterocycles. The number of carbonyl (C=O) groups excluding carboxylic acids is 1. The van der Waals surface area contributed by atoms with E-state index >= 15 is 0 Å². The Hall–Kier alpha value is -1.91. The number of nitro groups is 1. The van der Waals surface area contributed by atoms with E-state index in [2.05, 4.69) is 0 Å². The Bertz CT molecular complexity index is 484. The van der Waals surface area contributed by atoms with Crippen molar-refractivity contribution >= 4 is 5.97 Å². The lowest BCUT2D eigenvalue weighted by Gasteiger charge is -2.31. The maximum Gasteiger partial charge on any atom is 0.315 e. The molecule has 1 aliphatic rings. The second-order valence-electron chi connectivity index (χ2n) is 4.85. The molecule has 0 aromatic heterocycles. The van der Waals surface area contributed by atoms with Crippen LogP contribution in [0.2, 0.25) is 0 Å². The number of nitrogens with zero attached hydrogens (tertiary/aromatic N) is 1. The van der Waals surface area contributed by atoms with Gasteiger partial charge < -0.3 is 4.74 Å². The van der Waals surface area contributed by atoms with E-state index in [1.165, 1.54) is 0 Å². The second-order valence-corrected chi connectivity index (χ2v) is 4.85. The normalized spacial score (nSPS) is 22.5. The van der Waals surface area contributed by atoms with Crippen molar-refractivity contribution in [3.05, 3.63) is 39.9 Å². The molecule has 18 heavy (non-hydrogen) atoms. The van der Waals surface area contributed by atoms with E-state index in [1.54, 1.807) is 18.2 Å². The van der Waals surface area contributed by atoms with E-state index in [9.17, 15) is 14.9 Å². The third-order valence-electron chi connectivity index (χ3n) is 3.30. The molecule has 5 heteroatoms. The van der Waals surface area contributed by atoms with Gasteiger partial charge in [-0.2, -0.15) is 0 Å². The summed E-state index contributed by atoms with van der Waals surface area (Å²) in [5.41, 5.74) is 0.757. The predicted molar refractivity (Wildman–Crippen MR) is 65.0 cm³/mol. The van der Waals surface area contributed by atoms with E-state index in [0.29, 0.717) is 5.75 Å². The van der Waals surface area contributed by atoms with Crippen LogP contribution in [0.25, 0.3) is 0 Å². The van der Waals surface area contributed by atoms with Crippen molar-refractivity contribution in [3.63, 3.8) is 0 Å². The van der Waals surface area contributed by atoms with Gasteiger partial charge in [0, 0.05) is 10.5 Å². The van der Waals surface area contributed by atoms with Crippen LogP contribution in [0.3, 0.4) is 0 Å². The van der Waals surface area contributed by atoms with Crippen LogP contribution in [0, 0.1) is 22.0 Å². The van der Waals surface area contributed by atoms with Gasteiger partial charge in [-0.15, -0.1) is 0 Å². The van der Waals surface area contributed by atoms with Crippen molar-refractivity contribution in [1.82, 2.24) is 0 Å². The van der Waals surface area contributed by atoms with Crippen molar-refractivity contribution < 1.29 is 14.5 Å². The molecule has 0 saturated carbocycles. The minimum atomic E-state index is -0.453. The molecule has 1 aromatic rings. The van der Waals surface area contributed by atoms with Gasteiger partial charge >= 0.3 is 5.97 Å². The molecule has 0 N–H and O–H groups in total. The lowest BCUT2D eigenvalue weighted by Crippen LogP contribution is -2.38. The summed E-state index contributed by atoms with van der Waals surface area (Å²) in [6.45, 7) is 3.52. The van der Waals surface area contributed by atoms with Crippen LogP contribution < -0.4 is 4.74 Å². The van der Waals surface area contributed by atoms with Gasteiger partial charge in [0.1, 0.15) is 5.75 Å². The second kappa shape index (κ2) is 4.76. The fraction of sp³-hybridized carbons (Fsp3) is 0.462. The number of ether oxygens (including phenoxy) is 1. The Labute approximate surface area is 105 Å². The van der Waals surface area contributed by atoms with E-state index in [-0.39, 0.29) is 23.4 Å². The predicted octanol–water partition coefficient (Wildman–Crippen LogP) is 2.24. The number of esters is 1. The van der Waals surface area contributed by atoms with Crippen LogP contribution in [-0.4, -0.2) is 17.4 Å². The molecular weight excluding hydrogens is 234 g/mol. The lowest BCUT2D eigenvalue weighted by atomic mass is 9.77. The molecule has 0 radical (unpaired) electrons. The molecule has 1 aliphatic heterocycles. The minimum absolute atomic E-state index is 0.0100. The number of carbonyl (C=O) groups is 1. The van der Waals surface area contributed by atoms with Crippen LogP contribution >= 0.6 is 0 Å². The molecular formula is C13H15NO4. The van der Waals surface area contributed by atoms with Crippen LogP contribution in [-0.2, 0) is 4.79 Å². The molecule has 0 bridgehead atoms. The van der Waals surface area contributed by atoms with Crippen LogP contribution in [0.4, 0.5) is 0 Å². The van der Waals surface area contributed by atoms with Crippen molar-refractivity contribution in [1.29, 1.82) is 0 Å². The summed E-state index contributed by atoms with van der Waals surface area (Å²) in [5.74, 6) is -0.764. The molecule has 0 amide bonds. The fourth-order valence-corrected chi connectivity index (χ4v) is 2.52. The first-order valence-electron chi connectivity index (χ1n) is 5.93. The molecule has 0 saturated heterocycles.